The van der Waals surface area contributed by atoms with Gasteiger partial charge in [0.15, 0.2) is 0 Å². The fourth-order valence-corrected chi connectivity index (χ4v) is 1.53. The zero-order chi connectivity index (χ0) is 12.1. The van der Waals surface area contributed by atoms with Crippen LogP contribution in [0.15, 0.2) is 24.3 Å². The molecule has 0 heterocycles. The Kier molecular flexibility index (Phi) is 4.80. The van der Waals surface area contributed by atoms with Crippen LogP contribution >= 0.6 is 23.2 Å². The normalized spacial score (nSPS) is 11.1. The van der Waals surface area contributed by atoms with Gasteiger partial charge < -0.3 is 0 Å². The third-order valence-corrected chi connectivity index (χ3v) is 2.27. The summed E-state index contributed by atoms with van der Waals surface area (Å²) in [6.07, 6.45) is 3.05. The van der Waals surface area contributed by atoms with Crippen LogP contribution in [0.2, 0.25) is 10.0 Å². The number of hydrazine groups is 1. The number of nitrogens with zero attached hydrogens (tertiary/aromatic N) is 1. The van der Waals surface area contributed by atoms with Gasteiger partial charge >= 0.3 is 0 Å². The van der Waals surface area contributed by atoms with Crippen molar-refractivity contribution in [3.8, 4) is 0 Å². The quantitative estimate of drug-likeness (QED) is 0.668. The number of benzene rings is 1. The summed E-state index contributed by atoms with van der Waals surface area (Å²) < 4.78 is 0. The van der Waals surface area contributed by atoms with Crippen LogP contribution in [-0.2, 0) is 4.79 Å². The number of amides is 1. The molecule has 0 atom stereocenters. The van der Waals surface area contributed by atoms with E-state index in [1.165, 1.54) is 6.08 Å². The SMILES string of the molecule is CN(C)NC(=O)/C=C/c1ccc(Cl)cc1Cl. The van der Waals surface area contributed by atoms with Crippen molar-refractivity contribution in [3.63, 3.8) is 0 Å². The van der Waals surface area contributed by atoms with Crippen molar-refractivity contribution in [3.05, 3.63) is 39.9 Å². The van der Waals surface area contributed by atoms with Gasteiger partial charge in [-0.15, -0.1) is 0 Å². The zero-order valence-corrected chi connectivity index (χ0v) is 10.5. The number of nitrogens with one attached hydrogen (secondary N) is 1. The number of carbonyl (C=O) groups is 1. The molecule has 1 aromatic carbocycles. The Morgan fingerprint density at radius 2 is 2.06 bits per heavy atom. The molecule has 0 spiro atoms. The van der Waals surface area contributed by atoms with Gasteiger partial charge in [0.1, 0.15) is 0 Å². The molecule has 0 saturated carbocycles. The summed E-state index contributed by atoms with van der Waals surface area (Å²) in [5.41, 5.74) is 3.33. The van der Waals surface area contributed by atoms with Crippen molar-refractivity contribution in [2.24, 2.45) is 0 Å². The van der Waals surface area contributed by atoms with Gasteiger partial charge in [-0.3, -0.25) is 10.2 Å². The molecule has 1 rings (SSSR count). The molecule has 0 aliphatic rings. The minimum Gasteiger partial charge on any atom is -0.286 e. The molecular weight excluding hydrogens is 247 g/mol. The van der Waals surface area contributed by atoms with Gasteiger partial charge in [-0.05, 0) is 23.8 Å². The molecule has 3 nitrogen and oxygen atoms in total. The van der Waals surface area contributed by atoms with E-state index in [-0.39, 0.29) is 5.91 Å². The van der Waals surface area contributed by atoms with Crippen LogP contribution in [0.5, 0.6) is 0 Å². The van der Waals surface area contributed by atoms with Crippen LogP contribution in [-0.4, -0.2) is 25.0 Å². The third-order valence-electron chi connectivity index (χ3n) is 1.71. The van der Waals surface area contributed by atoms with E-state index < -0.39 is 0 Å². The minimum atomic E-state index is -0.212. The maximum Gasteiger partial charge on any atom is 0.258 e. The second-order valence-corrected chi connectivity index (χ2v) is 4.21. The average molecular weight is 259 g/mol. The van der Waals surface area contributed by atoms with Crippen molar-refractivity contribution in [1.82, 2.24) is 10.4 Å². The van der Waals surface area contributed by atoms with E-state index in [4.69, 9.17) is 23.2 Å². The maximum absolute atomic E-state index is 11.3. The predicted octanol–water partition coefficient (Wildman–Crippen LogP) is 2.60. The van der Waals surface area contributed by atoms with Crippen molar-refractivity contribution in [2.75, 3.05) is 14.1 Å². The molecular formula is C11H12Cl2N2O. The minimum absolute atomic E-state index is 0.212. The maximum atomic E-state index is 11.3. The lowest BCUT2D eigenvalue weighted by atomic mass is 10.2. The first-order valence-corrected chi connectivity index (χ1v) is 5.35. The van der Waals surface area contributed by atoms with E-state index in [0.29, 0.717) is 10.0 Å². The highest BCUT2D eigenvalue weighted by atomic mass is 35.5. The summed E-state index contributed by atoms with van der Waals surface area (Å²) in [7, 11) is 3.47. The largest absolute Gasteiger partial charge is 0.286 e. The second kappa shape index (κ2) is 5.89. The Morgan fingerprint density at radius 1 is 1.38 bits per heavy atom. The lowest BCUT2D eigenvalue weighted by Crippen LogP contribution is -2.34. The first-order chi connectivity index (χ1) is 7.49. The van der Waals surface area contributed by atoms with Crippen molar-refractivity contribution in [2.45, 2.75) is 0 Å². The number of carbonyl (C=O) groups excluding carboxylic acids is 1. The van der Waals surface area contributed by atoms with Gasteiger partial charge in [-0.1, -0.05) is 29.3 Å². The van der Waals surface area contributed by atoms with Crippen LogP contribution < -0.4 is 5.43 Å². The summed E-state index contributed by atoms with van der Waals surface area (Å²) in [5.74, 6) is -0.212. The van der Waals surface area contributed by atoms with Crippen LogP contribution in [0, 0.1) is 0 Å². The smallest absolute Gasteiger partial charge is 0.258 e. The molecule has 86 valence electrons. The Labute approximate surface area is 105 Å². The molecule has 1 aromatic rings. The Hall–Kier alpha value is -1.03. The highest BCUT2D eigenvalue weighted by molar-refractivity contribution is 6.35. The first-order valence-electron chi connectivity index (χ1n) is 4.60. The van der Waals surface area contributed by atoms with Crippen molar-refractivity contribution in [1.29, 1.82) is 0 Å². The predicted molar refractivity (Wildman–Crippen MR) is 67.3 cm³/mol. The molecule has 0 unspecified atom stereocenters. The number of rotatable bonds is 3. The molecule has 0 radical (unpaired) electrons. The van der Waals surface area contributed by atoms with E-state index in [2.05, 4.69) is 5.43 Å². The summed E-state index contributed by atoms with van der Waals surface area (Å²) >= 11 is 11.7. The van der Waals surface area contributed by atoms with E-state index in [9.17, 15) is 4.79 Å². The van der Waals surface area contributed by atoms with Gasteiger partial charge in [-0.25, -0.2) is 5.01 Å². The highest BCUT2D eigenvalue weighted by Crippen LogP contribution is 2.21. The van der Waals surface area contributed by atoms with Crippen LogP contribution in [0.4, 0.5) is 0 Å². The zero-order valence-electron chi connectivity index (χ0n) is 9.00. The lowest BCUT2D eigenvalue weighted by Gasteiger charge is -2.08. The summed E-state index contributed by atoms with van der Waals surface area (Å²) in [6.45, 7) is 0. The van der Waals surface area contributed by atoms with E-state index in [1.807, 2.05) is 0 Å². The summed E-state index contributed by atoms with van der Waals surface area (Å²) in [5, 5.41) is 2.65. The van der Waals surface area contributed by atoms with Gasteiger partial charge in [-0.2, -0.15) is 0 Å². The Morgan fingerprint density at radius 3 is 2.62 bits per heavy atom. The Balaban J connectivity index is 2.73. The van der Waals surface area contributed by atoms with Crippen molar-refractivity contribution >= 4 is 35.2 Å². The van der Waals surface area contributed by atoms with E-state index in [1.54, 1.807) is 43.4 Å². The number of hydrogen-bond acceptors (Lipinski definition) is 2. The van der Waals surface area contributed by atoms with E-state index >= 15 is 0 Å². The molecule has 0 aromatic heterocycles. The van der Waals surface area contributed by atoms with Crippen LogP contribution in [0.3, 0.4) is 0 Å². The third kappa shape index (κ3) is 4.23. The average Bonchev–Trinajstić information content (AvgIpc) is 2.15. The van der Waals surface area contributed by atoms with Crippen molar-refractivity contribution < 1.29 is 4.79 Å². The van der Waals surface area contributed by atoms with Gasteiger partial charge in [0.25, 0.3) is 5.91 Å². The molecule has 0 aliphatic heterocycles. The second-order valence-electron chi connectivity index (χ2n) is 3.37. The Bertz CT molecular complexity index is 416. The van der Waals surface area contributed by atoms with Crippen LogP contribution in [0.25, 0.3) is 6.08 Å². The summed E-state index contributed by atoms with van der Waals surface area (Å²) in [4.78, 5) is 11.3. The highest BCUT2D eigenvalue weighted by Gasteiger charge is 1.99. The molecule has 0 bridgehead atoms. The monoisotopic (exact) mass is 258 g/mol. The number of halogens is 2. The molecule has 5 heteroatoms. The van der Waals surface area contributed by atoms with E-state index in [0.717, 1.165) is 5.56 Å². The van der Waals surface area contributed by atoms with Gasteiger partial charge in [0, 0.05) is 30.2 Å². The molecule has 0 fully saturated rings. The number of hydrogen-bond donors (Lipinski definition) is 1. The van der Waals surface area contributed by atoms with Crippen LogP contribution in [0.1, 0.15) is 5.56 Å². The summed E-state index contributed by atoms with van der Waals surface area (Å²) in [6, 6.07) is 5.10. The standard InChI is InChI=1S/C11H12Cl2N2O/c1-15(2)14-11(16)6-4-8-3-5-9(12)7-10(8)13/h3-7H,1-2H3,(H,14,16)/b6-4+. The molecule has 0 aliphatic carbocycles. The first kappa shape index (κ1) is 13.0. The molecule has 1 N–H and O–H groups in total. The molecule has 16 heavy (non-hydrogen) atoms. The van der Waals surface area contributed by atoms with Gasteiger partial charge in [0.2, 0.25) is 0 Å². The van der Waals surface area contributed by atoms with Gasteiger partial charge in [0.05, 0.1) is 0 Å². The fourth-order valence-electron chi connectivity index (χ4n) is 1.06. The topological polar surface area (TPSA) is 32.3 Å². The molecule has 0 saturated heterocycles. The lowest BCUT2D eigenvalue weighted by molar-refractivity contribution is -0.119. The molecule has 1 amide bonds. The fraction of sp³-hybridized carbons (Fsp3) is 0.182.